The molecule has 2 aromatic rings. The van der Waals surface area contributed by atoms with Gasteiger partial charge in [-0.15, -0.1) is 0 Å². The van der Waals surface area contributed by atoms with Gasteiger partial charge in [0.15, 0.2) is 6.29 Å². The van der Waals surface area contributed by atoms with Crippen LogP contribution in [0.3, 0.4) is 0 Å². The molecule has 1 fully saturated rings. The van der Waals surface area contributed by atoms with Gasteiger partial charge in [0.2, 0.25) is 0 Å². The summed E-state index contributed by atoms with van der Waals surface area (Å²) in [6, 6.07) is 8.35. The first kappa shape index (κ1) is 19.2. The van der Waals surface area contributed by atoms with Gasteiger partial charge in [0.05, 0.1) is 7.11 Å². The summed E-state index contributed by atoms with van der Waals surface area (Å²) < 4.78 is 83.0. The maximum Gasteiger partial charge on any atom is 0.431 e. The Hall–Kier alpha value is -2.52. The number of halogens is 5. The normalized spacial score (nSPS) is 25.4. The summed E-state index contributed by atoms with van der Waals surface area (Å²) >= 11 is 0. The topological polar surface area (TPSA) is 44.8 Å². The van der Waals surface area contributed by atoms with Gasteiger partial charge in [-0.1, -0.05) is 24.3 Å². The number of carbonyl (C=O) groups excluding carboxylic acids is 1. The molecule has 0 spiro atoms. The van der Waals surface area contributed by atoms with Crippen molar-refractivity contribution in [1.29, 1.82) is 0 Å². The largest absolute Gasteiger partial charge is 0.467 e. The van der Waals surface area contributed by atoms with E-state index in [-0.39, 0.29) is 11.1 Å². The van der Waals surface area contributed by atoms with Crippen molar-refractivity contribution in [3.8, 4) is 0 Å². The van der Waals surface area contributed by atoms with Crippen molar-refractivity contribution >= 4 is 5.97 Å². The summed E-state index contributed by atoms with van der Waals surface area (Å²) in [5, 5.41) is 0. The zero-order valence-corrected chi connectivity index (χ0v) is 13.8. The Morgan fingerprint density at radius 1 is 0.963 bits per heavy atom. The first-order valence-electron chi connectivity index (χ1n) is 7.68. The first-order chi connectivity index (χ1) is 12.7. The Morgan fingerprint density at radius 2 is 1.44 bits per heavy atom. The molecule has 0 radical (unpaired) electrons. The lowest BCUT2D eigenvalue weighted by atomic mass is 9.90. The molecule has 4 nitrogen and oxygen atoms in total. The van der Waals surface area contributed by atoms with E-state index in [1.807, 2.05) is 0 Å². The second kappa shape index (κ2) is 6.90. The summed E-state index contributed by atoms with van der Waals surface area (Å²) in [6.07, 6.45) is -8.80. The molecule has 1 heterocycles. The minimum absolute atomic E-state index is 0.0681. The van der Waals surface area contributed by atoms with Gasteiger partial charge < -0.3 is 14.2 Å². The maximum atomic E-state index is 14.0. The third-order valence-corrected chi connectivity index (χ3v) is 4.15. The fourth-order valence-electron chi connectivity index (χ4n) is 2.83. The molecule has 0 N–H and O–H groups in total. The van der Waals surface area contributed by atoms with Crippen molar-refractivity contribution in [2.75, 3.05) is 7.11 Å². The van der Waals surface area contributed by atoms with Gasteiger partial charge >= 0.3 is 12.1 Å². The molecule has 1 saturated heterocycles. The number of rotatable bonds is 3. The molecule has 9 heteroatoms. The second-order valence-corrected chi connectivity index (χ2v) is 5.79. The van der Waals surface area contributed by atoms with Crippen LogP contribution in [0.15, 0.2) is 48.5 Å². The lowest BCUT2D eigenvalue weighted by Gasteiger charge is -2.31. The van der Waals surface area contributed by atoms with Crippen LogP contribution in [0.1, 0.15) is 23.5 Å². The van der Waals surface area contributed by atoms with Crippen LogP contribution in [-0.4, -0.2) is 24.9 Å². The van der Waals surface area contributed by atoms with E-state index < -0.39 is 41.8 Å². The lowest BCUT2D eigenvalue weighted by Crippen LogP contribution is -2.56. The van der Waals surface area contributed by atoms with Crippen LogP contribution in [0, 0.1) is 11.6 Å². The fourth-order valence-corrected chi connectivity index (χ4v) is 2.83. The molecule has 3 rings (SSSR count). The van der Waals surface area contributed by atoms with Crippen molar-refractivity contribution in [2.45, 2.75) is 24.2 Å². The van der Waals surface area contributed by atoms with Crippen molar-refractivity contribution in [3.05, 3.63) is 71.3 Å². The monoisotopic (exact) mass is 388 g/mol. The van der Waals surface area contributed by atoms with Gasteiger partial charge in [-0.25, -0.2) is 13.6 Å². The van der Waals surface area contributed by atoms with E-state index in [2.05, 4.69) is 4.74 Å². The number of carbonyl (C=O) groups is 1. The molecular weight excluding hydrogens is 375 g/mol. The molecule has 0 unspecified atom stereocenters. The number of ether oxygens (including phenoxy) is 3. The maximum absolute atomic E-state index is 14.0. The Morgan fingerprint density at radius 3 is 1.89 bits per heavy atom. The van der Waals surface area contributed by atoms with Crippen molar-refractivity contribution < 1.29 is 41.0 Å². The van der Waals surface area contributed by atoms with E-state index in [0.717, 1.165) is 43.5 Å². The summed E-state index contributed by atoms with van der Waals surface area (Å²) in [5.74, 6) is -3.00. The summed E-state index contributed by atoms with van der Waals surface area (Å²) in [4.78, 5) is 12.2. The van der Waals surface area contributed by atoms with Gasteiger partial charge in [-0.05, 0) is 29.8 Å². The highest BCUT2D eigenvalue weighted by atomic mass is 19.4. The molecule has 2 aromatic carbocycles. The molecule has 1 aliphatic rings. The van der Waals surface area contributed by atoms with Gasteiger partial charge in [0.1, 0.15) is 17.7 Å². The number of alkyl halides is 3. The zero-order chi connectivity index (χ0) is 19.8. The van der Waals surface area contributed by atoms with Gasteiger partial charge in [0, 0.05) is 5.56 Å². The third kappa shape index (κ3) is 3.28. The molecule has 0 aliphatic carbocycles. The van der Waals surface area contributed by atoms with Gasteiger partial charge in [-0.2, -0.15) is 13.2 Å². The van der Waals surface area contributed by atoms with Crippen LogP contribution in [-0.2, 0) is 19.0 Å². The van der Waals surface area contributed by atoms with E-state index in [0.29, 0.717) is 0 Å². The molecule has 27 heavy (non-hydrogen) atoms. The number of hydrogen-bond donors (Lipinski definition) is 0. The lowest BCUT2D eigenvalue weighted by molar-refractivity contribution is -0.275. The van der Waals surface area contributed by atoms with E-state index in [9.17, 15) is 26.7 Å². The highest BCUT2D eigenvalue weighted by Gasteiger charge is 2.73. The third-order valence-electron chi connectivity index (χ3n) is 4.15. The number of methoxy groups -OCH3 is 1. The molecule has 144 valence electrons. The molecule has 1 aliphatic heterocycles. The SMILES string of the molecule is COC(=O)[C@@]1(C(F)(F)F)O[C@H](c2ccc(F)cc2)O[C@H]1c1ccc(F)cc1. The van der Waals surface area contributed by atoms with E-state index in [1.54, 1.807) is 0 Å². The number of benzene rings is 2. The smallest absolute Gasteiger partial charge is 0.431 e. The van der Waals surface area contributed by atoms with Crippen LogP contribution >= 0.6 is 0 Å². The van der Waals surface area contributed by atoms with Crippen LogP contribution in [0.2, 0.25) is 0 Å². The average Bonchev–Trinajstić information content (AvgIpc) is 3.04. The van der Waals surface area contributed by atoms with Crippen molar-refractivity contribution in [1.82, 2.24) is 0 Å². The first-order valence-corrected chi connectivity index (χ1v) is 7.68. The fraction of sp³-hybridized carbons (Fsp3) is 0.278. The summed E-state index contributed by atoms with van der Waals surface area (Å²) in [5.41, 5.74) is -3.54. The summed E-state index contributed by atoms with van der Waals surface area (Å²) in [6.45, 7) is 0. The Balaban J connectivity index is 2.12. The highest BCUT2D eigenvalue weighted by Crippen LogP contribution is 2.54. The van der Waals surface area contributed by atoms with Crippen LogP contribution in [0.4, 0.5) is 22.0 Å². The Bertz CT molecular complexity index is 819. The van der Waals surface area contributed by atoms with Gasteiger partial charge in [-0.3, -0.25) is 0 Å². The molecule has 0 bridgehead atoms. The molecule has 0 saturated carbocycles. The van der Waals surface area contributed by atoms with Crippen LogP contribution < -0.4 is 0 Å². The van der Waals surface area contributed by atoms with Crippen LogP contribution in [0.5, 0.6) is 0 Å². The summed E-state index contributed by atoms with van der Waals surface area (Å²) in [7, 11) is 0.784. The predicted molar refractivity (Wildman–Crippen MR) is 81.3 cm³/mol. The van der Waals surface area contributed by atoms with Crippen LogP contribution in [0.25, 0.3) is 0 Å². The second-order valence-electron chi connectivity index (χ2n) is 5.79. The molecule has 0 amide bonds. The quantitative estimate of drug-likeness (QED) is 0.583. The molecule has 0 aromatic heterocycles. The average molecular weight is 388 g/mol. The van der Waals surface area contributed by atoms with E-state index >= 15 is 0 Å². The minimum atomic E-state index is -5.21. The van der Waals surface area contributed by atoms with Crippen molar-refractivity contribution in [3.63, 3.8) is 0 Å². The number of esters is 1. The minimum Gasteiger partial charge on any atom is -0.467 e. The van der Waals surface area contributed by atoms with E-state index in [1.165, 1.54) is 12.1 Å². The molecule has 3 atom stereocenters. The Labute approximate surface area is 150 Å². The molecular formula is C18H13F5O4. The number of hydrogen-bond acceptors (Lipinski definition) is 4. The Kier molecular flexibility index (Phi) is 4.92. The predicted octanol–water partition coefficient (Wildman–Crippen LogP) is 4.23. The van der Waals surface area contributed by atoms with Gasteiger partial charge in [0.25, 0.3) is 5.60 Å². The van der Waals surface area contributed by atoms with E-state index in [4.69, 9.17) is 9.47 Å². The van der Waals surface area contributed by atoms with Crippen molar-refractivity contribution in [2.24, 2.45) is 0 Å². The zero-order valence-electron chi connectivity index (χ0n) is 13.8. The highest BCUT2D eigenvalue weighted by molar-refractivity contribution is 5.82. The standard InChI is InChI=1S/C18H13F5O4/c1-25-16(24)17(18(21,22)23)14(10-2-6-12(19)7-3-10)26-15(27-17)11-4-8-13(20)9-5-11/h2-9,14-15H,1H3/t14-,15+,17-/m0/s1.